The van der Waals surface area contributed by atoms with Crippen molar-refractivity contribution in [1.82, 2.24) is 15.1 Å². The van der Waals surface area contributed by atoms with Crippen molar-refractivity contribution in [3.05, 3.63) is 29.3 Å². The Morgan fingerprint density at radius 3 is 2.57 bits per heavy atom. The van der Waals surface area contributed by atoms with Crippen molar-refractivity contribution in [1.29, 1.82) is 0 Å². The van der Waals surface area contributed by atoms with Crippen molar-refractivity contribution in [2.75, 3.05) is 19.6 Å². The van der Waals surface area contributed by atoms with Crippen molar-refractivity contribution < 1.29 is 14.7 Å². The van der Waals surface area contributed by atoms with Gasteiger partial charge in [-0.25, -0.2) is 0 Å². The Morgan fingerprint density at radius 1 is 1.23 bits per heavy atom. The summed E-state index contributed by atoms with van der Waals surface area (Å²) < 4.78 is 0. The Bertz CT molecular complexity index is 769. The van der Waals surface area contributed by atoms with Crippen LogP contribution in [0.2, 0.25) is 0 Å². The number of para-hydroxylation sites is 1. The zero-order chi connectivity index (χ0) is 21.9. The molecule has 2 saturated heterocycles. The molecular formula is C24H37N3O3. The molecule has 30 heavy (non-hydrogen) atoms. The van der Waals surface area contributed by atoms with E-state index in [1.54, 1.807) is 0 Å². The summed E-state index contributed by atoms with van der Waals surface area (Å²) in [5.41, 5.74) is 1.06. The van der Waals surface area contributed by atoms with Gasteiger partial charge >= 0.3 is 0 Å². The number of carbonyl (C=O) groups is 2. The van der Waals surface area contributed by atoms with E-state index in [0.29, 0.717) is 44.0 Å². The highest BCUT2D eigenvalue weighted by atomic mass is 16.3. The molecule has 0 radical (unpaired) electrons. The second-order valence-corrected chi connectivity index (χ2v) is 9.39. The fraction of sp³-hybridized carbons (Fsp3) is 0.667. The number of unbranched alkanes of at least 4 members (excludes halogenated alkanes) is 1. The van der Waals surface area contributed by atoms with E-state index >= 15 is 0 Å². The summed E-state index contributed by atoms with van der Waals surface area (Å²) in [5, 5.41) is 13.4. The summed E-state index contributed by atoms with van der Waals surface area (Å²) in [5.74, 6) is 0.804. The van der Waals surface area contributed by atoms with Crippen LogP contribution in [0.25, 0.3) is 0 Å². The number of likely N-dealkylation sites (tertiary alicyclic amines) is 1. The van der Waals surface area contributed by atoms with Crippen molar-refractivity contribution in [3.8, 4) is 5.75 Å². The Balaban J connectivity index is 1.74. The van der Waals surface area contributed by atoms with Gasteiger partial charge in [0.1, 0.15) is 17.3 Å². The lowest BCUT2D eigenvalue weighted by atomic mass is 9.80. The van der Waals surface area contributed by atoms with Crippen molar-refractivity contribution in [2.24, 2.45) is 5.92 Å². The highest BCUT2D eigenvalue weighted by Gasteiger charge is 2.53. The number of benzene rings is 1. The van der Waals surface area contributed by atoms with Gasteiger partial charge in [-0.2, -0.15) is 0 Å². The van der Waals surface area contributed by atoms with Crippen LogP contribution in [0, 0.1) is 12.8 Å². The molecule has 2 aliphatic heterocycles. The maximum atomic E-state index is 13.3. The van der Waals surface area contributed by atoms with Crippen molar-refractivity contribution in [3.63, 3.8) is 0 Å². The van der Waals surface area contributed by atoms with Gasteiger partial charge in [0.25, 0.3) is 0 Å². The second-order valence-electron chi connectivity index (χ2n) is 9.39. The predicted octanol–water partition coefficient (Wildman–Crippen LogP) is 3.21. The van der Waals surface area contributed by atoms with Gasteiger partial charge in [0.2, 0.25) is 11.8 Å². The topological polar surface area (TPSA) is 72.9 Å². The molecule has 3 rings (SSSR count). The van der Waals surface area contributed by atoms with E-state index in [1.165, 1.54) is 0 Å². The molecule has 2 aliphatic rings. The van der Waals surface area contributed by atoms with E-state index in [9.17, 15) is 14.7 Å². The van der Waals surface area contributed by atoms with E-state index in [2.05, 4.69) is 31.0 Å². The summed E-state index contributed by atoms with van der Waals surface area (Å²) in [6.45, 7) is 10.9. The fourth-order valence-corrected chi connectivity index (χ4v) is 4.81. The lowest BCUT2D eigenvalue weighted by molar-refractivity contribution is -0.161. The third kappa shape index (κ3) is 4.48. The molecule has 1 aromatic carbocycles. The lowest BCUT2D eigenvalue weighted by Gasteiger charge is -2.52. The molecule has 6 nitrogen and oxygen atoms in total. The van der Waals surface area contributed by atoms with E-state index < -0.39 is 11.6 Å². The number of carbonyl (C=O) groups excluding carboxylic acids is 2. The van der Waals surface area contributed by atoms with Crippen LogP contribution in [0.15, 0.2) is 18.2 Å². The molecule has 2 amide bonds. The second kappa shape index (κ2) is 9.38. The standard InChI is InChI=1S/C24H37N3O3/c1-5-6-12-27-22(29)20(15-17(2)3)25-23(30)24(27)10-13-26(14-11-24)16-19-9-7-8-18(4)21(19)28/h7-9,17,20,28H,5-6,10-16H2,1-4H3,(H,25,30). The zero-order valence-electron chi connectivity index (χ0n) is 18.9. The van der Waals surface area contributed by atoms with Crippen LogP contribution in [0.5, 0.6) is 5.75 Å². The molecule has 2 fully saturated rings. The van der Waals surface area contributed by atoms with E-state index in [1.807, 2.05) is 30.0 Å². The highest BCUT2D eigenvalue weighted by molar-refractivity contribution is 6.00. The first-order valence-corrected chi connectivity index (χ1v) is 11.4. The van der Waals surface area contributed by atoms with E-state index in [4.69, 9.17) is 0 Å². The average molecular weight is 416 g/mol. The number of amides is 2. The minimum Gasteiger partial charge on any atom is -0.507 e. The summed E-state index contributed by atoms with van der Waals surface area (Å²) in [7, 11) is 0. The number of phenols is 1. The monoisotopic (exact) mass is 415 g/mol. The van der Waals surface area contributed by atoms with Crippen LogP contribution in [-0.2, 0) is 16.1 Å². The van der Waals surface area contributed by atoms with Crippen LogP contribution >= 0.6 is 0 Å². The van der Waals surface area contributed by atoms with E-state index in [0.717, 1.165) is 37.1 Å². The Morgan fingerprint density at radius 2 is 1.93 bits per heavy atom. The van der Waals surface area contributed by atoms with Gasteiger partial charge < -0.3 is 15.3 Å². The third-order valence-corrected chi connectivity index (χ3v) is 6.65. The van der Waals surface area contributed by atoms with Gasteiger partial charge in [0.05, 0.1) is 0 Å². The van der Waals surface area contributed by atoms with Gasteiger partial charge in [-0.3, -0.25) is 14.5 Å². The molecule has 1 unspecified atom stereocenters. The number of piperidine rings is 1. The number of aromatic hydroxyl groups is 1. The number of aryl methyl sites for hydroxylation is 1. The van der Waals surface area contributed by atoms with Gasteiger partial charge in [-0.15, -0.1) is 0 Å². The predicted molar refractivity (Wildman–Crippen MR) is 118 cm³/mol. The Hall–Kier alpha value is -2.08. The molecule has 2 N–H and O–H groups in total. The van der Waals surface area contributed by atoms with Gasteiger partial charge in [-0.05, 0) is 44.1 Å². The number of hydrogen-bond acceptors (Lipinski definition) is 4. The lowest BCUT2D eigenvalue weighted by Crippen LogP contribution is -2.73. The number of piperazine rings is 1. The maximum Gasteiger partial charge on any atom is 0.246 e. The largest absolute Gasteiger partial charge is 0.507 e. The first-order chi connectivity index (χ1) is 14.3. The van der Waals surface area contributed by atoms with Gasteiger partial charge in [0.15, 0.2) is 0 Å². The minimum absolute atomic E-state index is 0.0157. The maximum absolute atomic E-state index is 13.3. The molecule has 6 heteroatoms. The molecule has 0 saturated carbocycles. The van der Waals surface area contributed by atoms with E-state index in [-0.39, 0.29) is 11.8 Å². The van der Waals surface area contributed by atoms with Crippen LogP contribution in [0.3, 0.4) is 0 Å². The molecule has 0 aliphatic carbocycles. The van der Waals surface area contributed by atoms with Gasteiger partial charge in [0, 0.05) is 31.7 Å². The Kier molecular flexibility index (Phi) is 7.06. The van der Waals surface area contributed by atoms with Crippen LogP contribution in [0.1, 0.15) is 64.0 Å². The van der Waals surface area contributed by atoms with Crippen LogP contribution in [-0.4, -0.2) is 57.9 Å². The average Bonchev–Trinajstić information content (AvgIpc) is 2.71. The zero-order valence-corrected chi connectivity index (χ0v) is 18.9. The first kappa shape index (κ1) is 22.6. The number of hydrogen-bond donors (Lipinski definition) is 2. The molecule has 2 heterocycles. The van der Waals surface area contributed by atoms with Crippen LogP contribution < -0.4 is 5.32 Å². The normalized spacial score (nSPS) is 22.0. The molecule has 0 bridgehead atoms. The van der Waals surface area contributed by atoms with Crippen molar-refractivity contribution >= 4 is 11.8 Å². The van der Waals surface area contributed by atoms with Crippen LogP contribution in [0.4, 0.5) is 0 Å². The molecule has 0 aromatic heterocycles. The molecule has 1 aromatic rings. The summed E-state index contributed by atoms with van der Waals surface area (Å²) in [6.07, 6.45) is 3.86. The number of nitrogens with zero attached hydrogens (tertiary/aromatic N) is 2. The third-order valence-electron chi connectivity index (χ3n) is 6.65. The number of nitrogens with one attached hydrogen (secondary N) is 1. The molecule has 1 atom stereocenters. The summed E-state index contributed by atoms with van der Waals surface area (Å²) in [6, 6.07) is 5.42. The molecule has 166 valence electrons. The molecular weight excluding hydrogens is 378 g/mol. The Labute approximate surface area is 180 Å². The summed E-state index contributed by atoms with van der Waals surface area (Å²) in [4.78, 5) is 30.8. The molecule has 1 spiro atoms. The number of rotatable bonds is 7. The minimum atomic E-state index is -0.731. The van der Waals surface area contributed by atoms with Gasteiger partial charge in [-0.1, -0.05) is 45.4 Å². The smallest absolute Gasteiger partial charge is 0.246 e. The number of phenolic OH excluding ortho intramolecular Hbond substituents is 1. The van der Waals surface area contributed by atoms with Crippen molar-refractivity contribution in [2.45, 2.75) is 77.9 Å². The quantitative estimate of drug-likeness (QED) is 0.717. The first-order valence-electron chi connectivity index (χ1n) is 11.4. The SMILES string of the molecule is CCCCN1C(=O)C(CC(C)C)NC(=O)C12CCN(Cc1cccc(C)c1O)CC2. The fourth-order valence-electron chi connectivity index (χ4n) is 4.81. The highest BCUT2D eigenvalue weighted by Crippen LogP contribution is 2.35. The summed E-state index contributed by atoms with van der Waals surface area (Å²) >= 11 is 0.